The van der Waals surface area contributed by atoms with Gasteiger partial charge in [0.25, 0.3) is 0 Å². The topological polar surface area (TPSA) is 153 Å². The van der Waals surface area contributed by atoms with E-state index in [0.717, 1.165) is 12.8 Å². The van der Waals surface area contributed by atoms with Gasteiger partial charge < -0.3 is 30.7 Å². The number of fused-ring (bicyclic) bond motifs is 1. The second kappa shape index (κ2) is 8.11. The number of carbonyl (C=O) groups is 2. The van der Waals surface area contributed by atoms with E-state index in [2.05, 4.69) is 0 Å². The van der Waals surface area contributed by atoms with Crippen LogP contribution < -0.4 is 34.7 Å². The van der Waals surface area contributed by atoms with Crippen LogP contribution in [0.2, 0.25) is 0 Å². The number of carbonyl (C=O) groups excluding carboxylic acids is 2. The molecular weight excluding hydrogens is 325 g/mol. The second-order valence-electron chi connectivity index (χ2n) is 4.99. The Labute approximate surface area is 153 Å². The summed E-state index contributed by atoms with van der Waals surface area (Å²) >= 11 is 1.31. The van der Waals surface area contributed by atoms with E-state index < -0.39 is 18.0 Å². The maximum atomic E-state index is 11.9. The first-order chi connectivity index (χ1) is 9.02. The van der Waals surface area contributed by atoms with E-state index in [0.29, 0.717) is 11.5 Å². The number of hydrogen-bond donors (Lipinski definition) is 1. The first-order valence-corrected chi connectivity index (χ1v) is 7.15. The molecule has 3 aliphatic heterocycles. The summed E-state index contributed by atoms with van der Waals surface area (Å²) in [5.74, 6) is -2.24. The smallest absolute Gasteiger partial charge is 0.543 e. The molecule has 3 rings (SSSR count). The number of β-lactam (4-membered cyclic amide) rings is 1. The van der Waals surface area contributed by atoms with Gasteiger partial charge in [-0.15, -0.1) is 0 Å². The van der Waals surface area contributed by atoms with Gasteiger partial charge in [-0.25, -0.2) is 0 Å². The Morgan fingerprint density at radius 2 is 2.14 bits per heavy atom. The van der Waals surface area contributed by atoms with Crippen molar-refractivity contribution in [2.45, 2.75) is 37.3 Å². The van der Waals surface area contributed by atoms with Crippen LogP contribution in [0.25, 0.3) is 0 Å². The van der Waals surface area contributed by atoms with Crippen LogP contribution in [0.1, 0.15) is 19.8 Å². The van der Waals surface area contributed by atoms with Crippen LogP contribution in [0.5, 0.6) is 0 Å². The molecule has 2 saturated heterocycles. The summed E-state index contributed by atoms with van der Waals surface area (Å²) in [4.78, 5) is 25.0. The van der Waals surface area contributed by atoms with E-state index in [1.807, 2.05) is 0 Å². The standard InChI is InChI=1S/C12H15NO5S.Na.2H2O/c1-5(14)7-10(15)13-8(12(16)17)9(19-11(7)13)6-3-2-4-18-6;;;/h5-7,11,14H,2-4H2,1H3,(H,16,17);;2*1H2/q;+1;;/p-1/t5-,6-,7?,11-;;;/m1.../s1. The summed E-state index contributed by atoms with van der Waals surface area (Å²) in [5, 5.41) is 20.5. The number of carboxylic acid groups (broad SMARTS) is 1. The van der Waals surface area contributed by atoms with Gasteiger partial charge >= 0.3 is 29.6 Å². The molecule has 0 aromatic heterocycles. The Hall–Kier alpha value is -0.130. The van der Waals surface area contributed by atoms with Crippen molar-refractivity contribution in [1.29, 1.82) is 0 Å². The quantitative estimate of drug-likeness (QED) is 0.398. The Bertz CT molecular complexity index is 478. The van der Waals surface area contributed by atoms with E-state index in [-0.39, 0.29) is 63.6 Å². The maximum Gasteiger partial charge on any atom is 1.00 e. The van der Waals surface area contributed by atoms with E-state index in [4.69, 9.17) is 4.74 Å². The number of amides is 1. The number of nitrogens with zero attached hydrogens (tertiary/aromatic N) is 1. The van der Waals surface area contributed by atoms with E-state index in [9.17, 15) is 19.8 Å². The first-order valence-electron chi connectivity index (χ1n) is 6.27. The molecule has 0 saturated carbocycles. The molecular formula is C12H18NNaO7S. The number of carboxylic acids is 1. The van der Waals surface area contributed by atoms with Crippen molar-refractivity contribution >= 4 is 23.6 Å². The Morgan fingerprint density at radius 1 is 1.50 bits per heavy atom. The zero-order valence-electron chi connectivity index (χ0n) is 12.4. The van der Waals surface area contributed by atoms with Gasteiger partial charge in [-0.1, -0.05) is 11.8 Å². The molecule has 3 aliphatic rings. The van der Waals surface area contributed by atoms with Gasteiger partial charge in [-0.3, -0.25) is 9.69 Å². The van der Waals surface area contributed by atoms with Crippen LogP contribution in [-0.4, -0.2) is 57.0 Å². The molecule has 0 radical (unpaired) electrons. The van der Waals surface area contributed by atoms with Gasteiger partial charge in [0.1, 0.15) is 5.37 Å². The van der Waals surface area contributed by atoms with Crippen molar-refractivity contribution in [3.8, 4) is 0 Å². The first kappa shape index (κ1) is 21.9. The number of aliphatic hydroxyl groups excluding tert-OH is 1. The summed E-state index contributed by atoms with van der Waals surface area (Å²) in [6.07, 6.45) is 0.597. The molecule has 0 aromatic carbocycles. The summed E-state index contributed by atoms with van der Waals surface area (Å²) < 4.78 is 5.50. The molecule has 8 nitrogen and oxygen atoms in total. The number of thioether (sulfide) groups is 1. The minimum absolute atomic E-state index is 0. The minimum Gasteiger partial charge on any atom is -0.543 e. The number of aliphatic hydroxyl groups is 1. The molecule has 1 unspecified atom stereocenters. The van der Waals surface area contributed by atoms with Crippen LogP contribution >= 0.6 is 11.8 Å². The number of ether oxygens (including phenoxy) is 1. The number of rotatable bonds is 3. The van der Waals surface area contributed by atoms with E-state index in [1.165, 1.54) is 16.7 Å². The Morgan fingerprint density at radius 3 is 2.59 bits per heavy atom. The van der Waals surface area contributed by atoms with Gasteiger partial charge in [0.15, 0.2) is 0 Å². The normalized spacial score (nSPS) is 30.5. The predicted octanol–water partition coefficient (Wildman–Crippen LogP) is -5.61. The zero-order valence-corrected chi connectivity index (χ0v) is 15.2. The fraction of sp³-hybridized carbons (Fsp3) is 0.667. The molecule has 0 bridgehead atoms. The molecule has 0 aliphatic carbocycles. The van der Waals surface area contributed by atoms with Gasteiger partial charge in [-0.05, 0) is 19.8 Å². The van der Waals surface area contributed by atoms with Crippen LogP contribution in [0.15, 0.2) is 10.6 Å². The summed E-state index contributed by atoms with van der Waals surface area (Å²) in [7, 11) is 0. The van der Waals surface area contributed by atoms with Crippen LogP contribution in [-0.2, 0) is 14.3 Å². The van der Waals surface area contributed by atoms with Gasteiger partial charge in [-0.2, -0.15) is 0 Å². The fourth-order valence-corrected chi connectivity index (χ4v) is 4.51. The monoisotopic (exact) mass is 343 g/mol. The molecule has 1 amide bonds. The molecule has 0 aromatic rings. The molecule has 120 valence electrons. The molecule has 4 atom stereocenters. The van der Waals surface area contributed by atoms with Crippen molar-refractivity contribution in [1.82, 2.24) is 4.90 Å². The Balaban J connectivity index is 0.00000147. The number of aliphatic carboxylic acids is 1. The predicted molar refractivity (Wildman–Crippen MR) is 71.6 cm³/mol. The molecule has 5 N–H and O–H groups in total. The third-order valence-electron chi connectivity index (χ3n) is 3.74. The third kappa shape index (κ3) is 3.22. The summed E-state index contributed by atoms with van der Waals surface area (Å²) in [6, 6.07) is 0. The molecule has 3 heterocycles. The van der Waals surface area contributed by atoms with Gasteiger partial charge in [0, 0.05) is 11.5 Å². The van der Waals surface area contributed by atoms with Gasteiger partial charge in [0.2, 0.25) is 5.91 Å². The van der Waals surface area contributed by atoms with Crippen LogP contribution in [0.4, 0.5) is 0 Å². The third-order valence-corrected chi connectivity index (χ3v) is 5.20. The van der Waals surface area contributed by atoms with Crippen molar-refractivity contribution in [3.05, 3.63) is 10.6 Å². The average Bonchev–Trinajstić information content (AvgIpc) is 2.92. The largest absolute Gasteiger partial charge is 1.00 e. The zero-order chi connectivity index (χ0) is 13.7. The number of hydrogen-bond acceptors (Lipinski definition) is 6. The molecule has 10 heteroatoms. The van der Waals surface area contributed by atoms with E-state index >= 15 is 0 Å². The van der Waals surface area contributed by atoms with Crippen LogP contribution in [0.3, 0.4) is 0 Å². The van der Waals surface area contributed by atoms with Crippen molar-refractivity contribution in [3.63, 3.8) is 0 Å². The summed E-state index contributed by atoms with van der Waals surface area (Å²) in [6.45, 7) is 2.15. The minimum atomic E-state index is -1.35. The Kier molecular flexibility index (Phi) is 8.06. The fourth-order valence-electron chi connectivity index (χ4n) is 2.81. The summed E-state index contributed by atoms with van der Waals surface area (Å²) in [5.41, 5.74) is -0.0659. The van der Waals surface area contributed by atoms with Crippen molar-refractivity contribution < 1.29 is 65.0 Å². The molecule has 0 spiro atoms. The van der Waals surface area contributed by atoms with Crippen LogP contribution in [0, 0.1) is 5.92 Å². The SMILES string of the molecule is C[C@@H](O)C1C(=O)N2C(C(=O)[O-])=C([C@H]3CCCO3)S[C@H]12.O.O.[Na+]. The average molecular weight is 343 g/mol. The van der Waals surface area contributed by atoms with Crippen molar-refractivity contribution in [2.75, 3.05) is 6.61 Å². The second-order valence-corrected chi connectivity index (χ2v) is 6.14. The molecule has 22 heavy (non-hydrogen) atoms. The van der Waals surface area contributed by atoms with Crippen molar-refractivity contribution in [2.24, 2.45) is 5.92 Å². The van der Waals surface area contributed by atoms with Gasteiger partial charge in [0.05, 0.1) is 29.8 Å². The maximum absolute atomic E-state index is 11.9. The van der Waals surface area contributed by atoms with E-state index in [1.54, 1.807) is 6.92 Å². The molecule has 2 fully saturated rings.